The van der Waals surface area contributed by atoms with Crippen molar-refractivity contribution in [2.45, 2.75) is 24.9 Å². The fraction of sp³-hybridized carbons (Fsp3) is 0.182. The Labute approximate surface area is 367 Å². The summed E-state index contributed by atoms with van der Waals surface area (Å²) >= 11 is 0. The Morgan fingerprint density at radius 1 is 0.603 bits per heavy atom. The molecule has 1 atom stereocenters. The number of methoxy groups -OCH3 is 2. The number of benzene rings is 7. The van der Waals surface area contributed by atoms with Crippen LogP contribution in [0.1, 0.15) is 41.7 Å². The molecular formula is C55H46N4O4. The van der Waals surface area contributed by atoms with Gasteiger partial charge in [0.25, 0.3) is 0 Å². The van der Waals surface area contributed by atoms with Gasteiger partial charge in [0.1, 0.15) is 17.2 Å². The summed E-state index contributed by atoms with van der Waals surface area (Å²) in [6, 6.07) is 50.1. The number of aromatic nitrogens is 3. The second-order valence-corrected chi connectivity index (χ2v) is 16.8. The normalized spacial score (nSPS) is 17.1. The molecule has 0 radical (unpaired) electrons. The molecule has 1 fully saturated rings. The molecule has 1 aromatic heterocycles. The molecule has 8 aromatic rings. The molecule has 7 aromatic carbocycles. The molecule has 2 aliphatic heterocycles. The quantitative estimate of drug-likeness (QED) is 0.150. The zero-order valence-corrected chi connectivity index (χ0v) is 35.8. The summed E-state index contributed by atoms with van der Waals surface area (Å²) in [5.41, 5.74) is 10.5. The summed E-state index contributed by atoms with van der Waals surface area (Å²) in [4.78, 5) is 17.3. The average Bonchev–Trinajstić information content (AvgIpc) is 3.60. The van der Waals surface area contributed by atoms with Crippen molar-refractivity contribution < 1.29 is 18.9 Å². The van der Waals surface area contributed by atoms with Gasteiger partial charge >= 0.3 is 0 Å². The van der Waals surface area contributed by atoms with Gasteiger partial charge in [-0.3, -0.25) is 0 Å². The number of morpholine rings is 1. The largest absolute Gasteiger partial charge is 0.497 e. The lowest BCUT2D eigenvalue weighted by Gasteiger charge is -2.39. The summed E-state index contributed by atoms with van der Waals surface area (Å²) in [5.74, 6) is 4.21. The summed E-state index contributed by atoms with van der Waals surface area (Å²) in [5, 5.41) is 2.13. The Morgan fingerprint density at radius 2 is 1.17 bits per heavy atom. The first-order valence-electron chi connectivity index (χ1n) is 21.5. The van der Waals surface area contributed by atoms with Crippen molar-refractivity contribution in [3.05, 3.63) is 179 Å². The molecule has 8 nitrogen and oxygen atoms in total. The van der Waals surface area contributed by atoms with Crippen LogP contribution in [0.25, 0.3) is 62.1 Å². The molecule has 1 unspecified atom stereocenters. The highest BCUT2D eigenvalue weighted by Crippen LogP contribution is 2.59. The van der Waals surface area contributed by atoms with Gasteiger partial charge in [-0.2, -0.15) is 0 Å². The third kappa shape index (κ3) is 6.35. The van der Waals surface area contributed by atoms with Crippen LogP contribution in [0.3, 0.4) is 0 Å². The Bertz CT molecular complexity index is 3000. The summed E-state index contributed by atoms with van der Waals surface area (Å²) < 4.78 is 25.4. The number of hydrogen-bond acceptors (Lipinski definition) is 8. The van der Waals surface area contributed by atoms with E-state index in [1.54, 1.807) is 14.2 Å². The Kier molecular flexibility index (Phi) is 9.35. The first kappa shape index (κ1) is 38.6. The minimum Gasteiger partial charge on any atom is -0.497 e. The van der Waals surface area contributed by atoms with Crippen molar-refractivity contribution in [1.29, 1.82) is 0 Å². The van der Waals surface area contributed by atoms with E-state index in [0.717, 1.165) is 80.2 Å². The predicted octanol–water partition coefficient (Wildman–Crippen LogP) is 11.5. The van der Waals surface area contributed by atoms with Crippen LogP contribution in [-0.4, -0.2) is 55.5 Å². The number of fused-ring (bicyclic) bond motifs is 8. The van der Waals surface area contributed by atoms with E-state index in [1.165, 1.54) is 22.3 Å². The van der Waals surface area contributed by atoms with Crippen LogP contribution >= 0.6 is 0 Å². The van der Waals surface area contributed by atoms with E-state index >= 15 is 0 Å². The van der Waals surface area contributed by atoms with E-state index in [1.807, 2.05) is 72.8 Å². The third-order valence-corrected chi connectivity index (χ3v) is 13.0. The monoisotopic (exact) mass is 826 g/mol. The zero-order chi connectivity index (χ0) is 42.7. The Hall–Kier alpha value is -7.29. The SMILES string of the molecule is COc1ccc(C2(c3ccc(-c4nc(-c5ccccc5)nc(-c5ccccc5)n4)cc3)C=Cc3c4c(c5cc(N6CCOCC6)c(OC)cc5c3O2)-c2ccccc2C4(C)C)cc1. The Morgan fingerprint density at radius 3 is 1.78 bits per heavy atom. The predicted molar refractivity (Wildman–Crippen MR) is 251 cm³/mol. The standard InChI is InChI=1S/C55H46N4O4/c1-54(2)45-18-12-11-17-41(45)48-43-33-46(59-29-31-62-32-30-59)47(61-4)34-44(43)50-42(49(48)54)27-28-55(63-50,39-23-25-40(60-3)26-24-39)38-21-19-37(20-22-38)53-57-51(35-13-7-5-8-14-35)56-52(58-53)36-15-9-6-10-16-36/h5-28,33-34H,29-32H2,1-4H3. The number of rotatable bonds is 8. The molecule has 310 valence electrons. The molecule has 0 saturated carbocycles. The van der Waals surface area contributed by atoms with Crippen LogP contribution in [0.2, 0.25) is 0 Å². The van der Waals surface area contributed by atoms with Gasteiger partial charge in [0.2, 0.25) is 0 Å². The van der Waals surface area contributed by atoms with Crippen LogP contribution in [0, 0.1) is 0 Å². The molecule has 1 saturated heterocycles. The van der Waals surface area contributed by atoms with E-state index in [-0.39, 0.29) is 5.41 Å². The summed E-state index contributed by atoms with van der Waals surface area (Å²) in [6.45, 7) is 7.60. The highest BCUT2D eigenvalue weighted by Gasteiger charge is 2.44. The minimum atomic E-state index is -1.02. The zero-order valence-electron chi connectivity index (χ0n) is 35.8. The van der Waals surface area contributed by atoms with Crippen molar-refractivity contribution in [3.63, 3.8) is 0 Å². The maximum atomic E-state index is 7.72. The lowest BCUT2D eigenvalue weighted by molar-refractivity contribution is 0.122. The van der Waals surface area contributed by atoms with Gasteiger partial charge in [-0.05, 0) is 58.0 Å². The molecule has 0 N–H and O–H groups in total. The summed E-state index contributed by atoms with van der Waals surface area (Å²) in [6.07, 6.45) is 4.51. The summed E-state index contributed by atoms with van der Waals surface area (Å²) in [7, 11) is 3.45. The van der Waals surface area contributed by atoms with E-state index < -0.39 is 5.60 Å². The number of hydrogen-bond donors (Lipinski definition) is 0. The van der Waals surface area contributed by atoms with Crippen molar-refractivity contribution >= 4 is 22.5 Å². The van der Waals surface area contributed by atoms with E-state index in [9.17, 15) is 0 Å². The number of anilines is 1. The fourth-order valence-electron chi connectivity index (χ4n) is 9.80. The maximum Gasteiger partial charge on any atom is 0.178 e. The molecular weight excluding hydrogens is 781 g/mol. The molecule has 1 aliphatic carbocycles. The first-order chi connectivity index (χ1) is 30.9. The van der Waals surface area contributed by atoms with E-state index in [0.29, 0.717) is 30.7 Å². The van der Waals surface area contributed by atoms with Gasteiger partial charge in [0, 0.05) is 57.3 Å². The van der Waals surface area contributed by atoms with Crippen LogP contribution in [-0.2, 0) is 15.8 Å². The lowest BCUT2D eigenvalue weighted by Crippen LogP contribution is -2.36. The molecule has 63 heavy (non-hydrogen) atoms. The molecule has 3 heterocycles. The molecule has 11 rings (SSSR count). The second-order valence-electron chi connectivity index (χ2n) is 16.8. The minimum absolute atomic E-state index is 0.291. The van der Waals surface area contributed by atoms with Crippen molar-refractivity contribution in [2.75, 3.05) is 45.4 Å². The van der Waals surface area contributed by atoms with Crippen molar-refractivity contribution in [1.82, 2.24) is 15.0 Å². The van der Waals surface area contributed by atoms with Gasteiger partial charge in [-0.15, -0.1) is 0 Å². The molecule has 3 aliphatic rings. The highest BCUT2D eigenvalue weighted by molar-refractivity contribution is 6.10. The molecule has 0 bridgehead atoms. The van der Waals surface area contributed by atoms with Crippen molar-refractivity contribution in [3.8, 4) is 62.5 Å². The third-order valence-electron chi connectivity index (χ3n) is 13.0. The van der Waals surface area contributed by atoms with Crippen molar-refractivity contribution in [2.24, 2.45) is 0 Å². The van der Waals surface area contributed by atoms with E-state index in [2.05, 4.69) is 104 Å². The first-order valence-corrected chi connectivity index (χ1v) is 21.5. The smallest absolute Gasteiger partial charge is 0.178 e. The van der Waals surface area contributed by atoms with Gasteiger partial charge in [-0.1, -0.05) is 141 Å². The average molecular weight is 827 g/mol. The van der Waals surface area contributed by atoms with Crippen LogP contribution in [0.15, 0.2) is 152 Å². The van der Waals surface area contributed by atoms with Gasteiger partial charge in [0.15, 0.2) is 23.1 Å². The lowest BCUT2D eigenvalue weighted by atomic mass is 9.76. The highest BCUT2D eigenvalue weighted by atomic mass is 16.5. The van der Waals surface area contributed by atoms with E-state index in [4.69, 9.17) is 33.9 Å². The van der Waals surface area contributed by atoms with Crippen LogP contribution in [0.5, 0.6) is 17.2 Å². The topological polar surface area (TPSA) is 78.8 Å². The molecule has 0 spiro atoms. The maximum absolute atomic E-state index is 7.72. The van der Waals surface area contributed by atoms with Gasteiger partial charge in [0.05, 0.1) is 33.1 Å². The fourth-order valence-corrected chi connectivity index (χ4v) is 9.80. The van der Waals surface area contributed by atoms with Crippen LogP contribution < -0.4 is 19.1 Å². The van der Waals surface area contributed by atoms with Gasteiger partial charge < -0.3 is 23.8 Å². The number of ether oxygens (including phenoxy) is 4. The second kappa shape index (κ2) is 15.3. The van der Waals surface area contributed by atoms with Gasteiger partial charge in [-0.25, -0.2) is 15.0 Å². The Balaban J connectivity index is 1.11. The number of nitrogens with zero attached hydrogens (tertiary/aromatic N) is 4. The molecule has 0 amide bonds. The molecule has 8 heteroatoms. The van der Waals surface area contributed by atoms with Crippen LogP contribution in [0.4, 0.5) is 5.69 Å².